The van der Waals surface area contributed by atoms with Crippen molar-refractivity contribution in [1.82, 2.24) is 4.90 Å². The second kappa shape index (κ2) is 12.0. The smallest absolute Gasteiger partial charge is 0.264 e. The van der Waals surface area contributed by atoms with Gasteiger partial charge in [-0.1, -0.05) is 54.1 Å². The van der Waals surface area contributed by atoms with Crippen molar-refractivity contribution in [3.63, 3.8) is 0 Å². The molecule has 0 N–H and O–H groups in total. The van der Waals surface area contributed by atoms with Gasteiger partial charge in [0.1, 0.15) is 18.0 Å². The molecule has 0 aliphatic carbocycles. The van der Waals surface area contributed by atoms with E-state index in [0.717, 1.165) is 11.3 Å². The van der Waals surface area contributed by atoms with Gasteiger partial charge in [0.2, 0.25) is 5.91 Å². The highest BCUT2D eigenvalue weighted by Gasteiger charge is 2.30. The molecule has 7 nitrogen and oxygen atoms in total. The minimum absolute atomic E-state index is 0.119. The predicted octanol–water partition coefficient (Wildman–Crippen LogP) is 5.98. The second-order valence-corrected chi connectivity index (χ2v) is 11.8. The van der Waals surface area contributed by atoms with Crippen LogP contribution in [0.3, 0.4) is 0 Å². The van der Waals surface area contributed by atoms with Gasteiger partial charge in [0.05, 0.1) is 10.6 Å². The lowest BCUT2D eigenvalue weighted by atomic mass is 10.1. The van der Waals surface area contributed by atoms with E-state index in [1.807, 2.05) is 55.5 Å². The monoisotopic (exact) mass is 575 g/mol. The van der Waals surface area contributed by atoms with Crippen molar-refractivity contribution in [2.75, 3.05) is 41.9 Å². The number of ether oxygens (including phenoxy) is 1. The zero-order valence-electron chi connectivity index (χ0n) is 22.1. The first kappa shape index (κ1) is 27.6. The van der Waals surface area contributed by atoms with Crippen LogP contribution in [0.25, 0.3) is 0 Å². The van der Waals surface area contributed by atoms with Gasteiger partial charge in [0.15, 0.2) is 0 Å². The van der Waals surface area contributed by atoms with Gasteiger partial charge in [0, 0.05) is 36.9 Å². The van der Waals surface area contributed by atoms with E-state index in [1.54, 1.807) is 47.4 Å². The average molecular weight is 576 g/mol. The Morgan fingerprint density at radius 1 is 0.825 bits per heavy atom. The molecule has 206 valence electrons. The first-order chi connectivity index (χ1) is 19.3. The number of hydrogen-bond acceptors (Lipinski definition) is 5. The molecule has 1 fully saturated rings. The zero-order valence-corrected chi connectivity index (χ0v) is 23.7. The van der Waals surface area contributed by atoms with Gasteiger partial charge in [-0.25, -0.2) is 8.42 Å². The van der Waals surface area contributed by atoms with Gasteiger partial charge >= 0.3 is 0 Å². The summed E-state index contributed by atoms with van der Waals surface area (Å²) in [5, 5.41) is 0.668. The van der Waals surface area contributed by atoms with Crippen LogP contribution in [0.5, 0.6) is 11.5 Å². The van der Waals surface area contributed by atoms with Gasteiger partial charge in [-0.15, -0.1) is 0 Å². The molecule has 9 heteroatoms. The molecule has 0 unspecified atom stereocenters. The van der Waals surface area contributed by atoms with Gasteiger partial charge in [0.25, 0.3) is 10.0 Å². The molecule has 5 rings (SSSR count). The van der Waals surface area contributed by atoms with Crippen molar-refractivity contribution in [3.05, 3.63) is 114 Å². The highest BCUT2D eigenvalue weighted by Crippen LogP contribution is 2.29. The van der Waals surface area contributed by atoms with E-state index in [2.05, 4.69) is 4.90 Å². The Hall–Kier alpha value is -4.01. The highest BCUT2D eigenvalue weighted by atomic mass is 35.5. The SMILES string of the molecule is Cc1ccc(Cl)cc1N1CCN(C(=O)CN(c2ccc(Oc3ccccc3)cc2)S(=O)(=O)c2ccccc2)CC1. The number of amides is 1. The summed E-state index contributed by atoms with van der Waals surface area (Å²) in [5.74, 6) is 0.976. The molecule has 0 aromatic heterocycles. The van der Waals surface area contributed by atoms with Crippen LogP contribution in [0.1, 0.15) is 5.56 Å². The van der Waals surface area contributed by atoms with Gasteiger partial charge in [-0.2, -0.15) is 0 Å². The molecule has 0 spiro atoms. The maximum atomic E-state index is 13.7. The molecule has 4 aromatic carbocycles. The normalized spacial score (nSPS) is 13.7. The lowest BCUT2D eigenvalue weighted by Gasteiger charge is -2.37. The van der Waals surface area contributed by atoms with Crippen molar-refractivity contribution < 1.29 is 17.9 Å². The fourth-order valence-electron chi connectivity index (χ4n) is 4.68. The number of hydrogen-bond donors (Lipinski definition) is 0. The van der Waals surface area contributed by atoms with E-state index < -0.39 is 10.0 Å². The van der Waals surface area contributed by atoms with E-state index >= 15 is 0 Å². The number of carbonyl (C=O) groups is 1. The summed E-state index contributed by atoms with van der Waals surface area (Å²) < 4.78 is 34.5. The molecule has 0 radical (unpaired) electrons. The Bertz CT molecular complexity index is 1560. The van der Waals surface area contributed by atoms with Gasteiger partial charge in [-0.3, -0.25) is 9.10 Å². The topological polar surface area (TPSA) is 70.2 Å². The zero-order chi connectivity index (χ0) is 28.1. The summed E-state index contributed by atoms with van der Waals surface area (Å²) in [4.78, 5) is 17.5. The quantitative estimate of drug-likeness (QED) is 0.258. The largest absolute Gasteiger partial charge is 0.457 e. The number of halogens is 1. The summed E-state index contributed by atoms with van der Waals surface area (Å²) >= 11 is 6.21. The lowest BCUT2D eigenvalue weighted by molar-refractivity contribution is -0.129. The molecule has 0 atom stereocenters. The van der Waals surface area contributed by atoms with E-state index in [-0.39, 0.29) is 17.3 Å². The Morgan fingerprint density at radius 3 is 2.08 bits per heavy atom. The van der Waals surface area contributed by atoms with Crippen molar-refractivity contribution >= 4 is 38.9 Å². The number of anilines is 2. The van der Waals surface area contributed by atoms with Crippen LogP contribution in [0, 0.1) is 6.92 Å². The number of carbonyl (C=O) groups excluding carboxylic acids is 1. The van der Waals surface area contributed by atoms with Crippen molar-refractivity contribution in [2.45, 2.75) is 11.8 Å². The molecular formula is C31H30ClN3O4S. The van der Waals surface area contributed by atoms with Crippen LogP contribution < -0.4 is 13.9 Å². The first-order valence-electron chi connectivity index (χ1n) is 13.0. The van der Waals surface area contributed by atoms with E-state index in [0.29, 0.717) is 48.4 Å². The Morgan fingerprint density at radius 2 is 1.43 bits per heavy atom. The van der Waals surface area contributed by atoms with Crippen molar-refractivity contribution in [1.29, 1.82) is 0 Å². The summed E-state index contributed by atoms with van der Waals surface area (Å²) in [5.41, 5.74) is 2.54. The summed E-state index contributed by atoms with van der Waals surface area (Å²) in [7, 11) is -4.00. The third-order valence-corrected chi connectivity index (χ3v) is 8.88. The van der Waals surface area contributed by atoms with E-state index in [9.17, 15) is 13.2 Å². The molecular weight excluding hydrogens is 546 g/mol. The maximum absolute atomic E-state index is 13.7. The number of piperazine rings is 1. The number of rotatable bonds is 8. The Labute approximate surface area is 240 Å². The number of benzene rings is 4. The fraction of sp³-hybridized carbons (Fsp3) is 0.194. The van der Waals surface area contributed by atoms with E-state index in [4.69, 9.17) is 16.3 Å². The van der Waals surface area contributed by atoms with Crippen LogP contribution in [-0.2, 0) is 14.8 Å². The summed E-state index contributed by atoms with van der Waals surface area (Å²) in [6, 6.07) is 30.0. The third kappa shape index (κ3) is 6.24. The molecule has 1 amide bonds. The van der Waals surface area contributed by atoms with Crippen LogP contribution in [0.15, 0.2) is 108 Å². The first-order valence-corrected chi connectivity index (χ1v) is 14.8. The second-order valence-electron chi connectivity index (χ2n) is 9.53. The Kier molecular flexibility index (Phi) is 8.28. The summed E-state index contributed by atoms with van der Waals surface area (Å²) in [6.07, 6.45) is 0. The molecule has 1 aliphatic rings. The van der Waals surface area contributed by atoms with Crippen molar-refractivity contribution in [2.24, 2.45) is 0 Å². The molecule has 4 aromatic rings. The number of sulfonamides is 1. The molecule has 0 bridgehead atoms. The minimum atomic E-state index is -4.00. The molecule has 0 saturated carbocycles. The lowest BCUT2D eigenvalue weighted by Crippen LogP contribution is -2.52. The van der Waals surface area contributed by atoms with Crippen LogP contribution >= 0.6 is 11.6 Å². The van der Waals surface area contributed by atoms with Crippen molar-refractivity contribution in [3.8, 4) is 11.5 Å². The van der Waals surface area contributed by atoms with Crippen LogP contribution in [-0.4, -0.2) is 51.9 Å². The molecule has 1 saturated heterocycles. The summed E-state index contributed by atoms with van der Waals surface area (Å²) in [6.45, 7) is 3.94. The maximum Gasteiger partial charge on any atom is 0.264 e. The number of aryl methyl sites for hydroxylation is 1. The third-order valence-electron chi connectivity index (χ3n) is 6.86. The standard InChI is InChI=1S/C31H30ClN3O4S/c1-24-12-13-25(32)22-30(24)33-18-20-34(21-19-33)31(36)23-35(40(37,38)29-10-6-3-7-11-29)26-14-16-28(17-15-26)39-27-8-4-2-5-9-27/h2-17,22H,18-21,23H2,1H3. The fourth-order valence-corrected chi connectivity index (χ4v) is 6.28. The molecule has 40 heavy (non-hydrogen) atoms. The molecule has 1 aliphatic heterocycles. The van der Waals surface area contributed by atoms with Crippen LogP contribution in [0.2, 0.25) is 5.02 Å². The Balaban J connectivity index is 1.34. The number of para-hydroxylation sites is 1. The molecule has 1 heterocycles. The van der Waals surface area contributed by atoms with E-state index in [1.165, 1.54) is 16.4 Å². The predicted molar refractivity (Wildman–Crippen MR) is 159 cm³/mol. The average Bonchev–Trinajstić information content (AvgIpc) is 2.98. The van der Waals surface area contributed by atoms with Crippen LogP contribution in [0.4, 0.5) is 11.4 Å². The highest BCUT2D eigenvalue weighted by molar-refractivity contribution is 7.92. The number of nitrogens with zero attached hydrogens (tertiary/aromatic N) is 3. The van der Waals surface area contributed by atoms with Gasteiger partial charge < -0.3 is 14.5 Å². The van der Waals surface area contributed by atoms with Gasteiger partial charge in [-0.05, 0) is 73.2 Å². The minimum Gasteiger partial charge on any atom is -0.457 e.